The Morgan fingerprint density at radius 1 is 1.32 bits per heavy atom. The lowest BCUT2D eigenvalue weighted by Gasteiger charge is -2.47. The minimum atomic E-state index is -4.35. The first kappa shape index (κ1) is 19.4. The summed E-state index contributed by atoms with van der Waals surface area (Å²) in [6.07, 6.45) is 1.68. The molecule has 28 heavy (non-hydrogen) atoms. The van der Waals surface area contributed by atoms with Crippen LogP contribution in [0.3, 0.4) is 0 Å². The summed E-state index contributed by atoms with van der Waals surface area (Å²) >= 11 is -0.128. The second kappa shape index (κ2) is 7.13. The van der Waals surface area contributed by atoms with Gasteiger partial charge < -0.3 is 10.1 Å². The highest BCUT2D eigenvalue weighted by Crippen LogP contribution is 2.41. The van der Waals surface area contributed by atoms with Gasteiger partial charge in [-0.2, -0.15) is 23.5 Å². The number of halogens is 3. The molecule has 0 bridgehead atoms. The van der Waals surface area contributed by atoms with Gasteiger partial charge in [0, 0.05) is 19.1 Å². The molecule has 0 amide bonds. The molecule has 150 valence electrons. The third kappa shape index (κ3) is 3.54. The van der Waals surface area contributed by atoms with E-state index in [9.17, 15) is 18.4 Å². The van der Waals surface area contributed by atoms with Crippen LogP contribution in [0.1, 0.15) is 18.5 Å². The summed E-state index contributed by atoms with van der Waals surface area (Å²) in [5.41, 5.74) is -4.05. The molecule has 2 aromatic rings. The zero-order chi connectivity index (χ0) is 19.9. The van der Waals surface area contributed by atoms with Crippen molar-refractivity contribution in [2.45, 2.75) is 41.7 Å². The van der Waals surface area contributed by atoms with Crippen molar-refractivity contribution in [1.29, 1.82) is 5.26 Å². The molecule has 0 aliphatic carbocycles. The normalized spacial score (nSPS) is 20.7. The average Bonchev–Trinajstić information content (AvgIpc) is 2.91. The first-order valence-corrected chi connectivity index (χ1v) is 9.88. The fourth-order valence-electron chi connectivity index (χ4n) is 3.79. The molecular formula is C18H20F3N5OS. The van der Waals surface area contributed by atoms with Crippen molar-refractivity contribution in [1.82, 2.24) is 14.5 Å². The molecule has 6 nitrogen and oxygen atoms in total. The van der Waals surface area contributed by atoms with Crippen molar-refractivity contribution in [3.8, 4) is 6.07 Å². The predicted octanol–water partition coefficient (Wildman–Crippen LogP) is 3.42. The van der Waals surface area contributed by atoms with Gasteiger partial charge in [0.15, 0.2) is 5.54 Å². The number of likely N-dealkylation sites (tertiary alicyclic amines) is 1. The van der Waals surface area contributed by atoms with Crippen LogP contribution in [0.15, 0.2) is 23.1 Å². The quantitative estimate of drug-likeness (QED) is 0.778. The number of piperidine rings is 1. The van der Waals surface area contributed by atoms with Crippen LogP contribution in [-0.4, -0.2) is 57.9 Å². The maximum atomic E-state index is 12.9. The minimum absolute atomic E-state index is 0.128. The highest BCUT2D eigenvalue weighted by Gasteiger charge is 2.45. The Balaban J connectivity index is 1.49. The molecular weight excluding hydrogens is 391 g/mol. The lowest BCUT2D eigenvalue weighted by molar-refractivity contribution is -0.113. The first-order chi connectivity index (χ1) is 13.3. The topological polar surface area (TPSA) is 65.6 Å². The fourth-order valence-corrected chi connectivity index (χ4v) is 4.47. The summed E-state index contributed by atoms with van der Waals surface area (Å²) in [7, 11) is 0. The number of ether oxygens (including phenoxy) is 1. The van der Waals surface area contributed by atoms with E-state index in [1.807, 2.05) is 6.07 Å². The monoisotopic (exact) mass is 411 g/mol. The number of nitriles is 1. The largest absolute Gasteiger partial charge is 0.446 e. The molecule has 0 atom stereocenters. The fraction of sp³-hybridized carbons (Fsp3) is 0.556. The number of hydrogen-bond donors (Lipinski definition) is 1. The number of aromatic nitrogens is 2. The number of hydrogen-bond acceptors (Lipinski definition) is 6. The van der Waals surface area contributed by atoms with E-state index >= 15 is 0 Å². The third-order valence-electron chi connectivity index (χ3n) is 5.34. The van der Waals surface area contributed by atoms with Gasteiger partial charge in [0.25, 0.3) is 0 Å². The number of rotatable bonds is 4. The molecule has 0 spiro atoms. The molecule has 2 aliphatic rings. The van der Waals surface area contributed by atoms with E-state index < -0.39 is 11.0 Å². The van der Waals surface area contributed by atoms with E-state index in [1.165, 1.54) is 0 Å². The SMILES string of the molecule is Cc1nn2c(NC3CCN(C4(C#N)COC4)CC3)cccc2c1SC(F)(F)F. The molecule has 0 unspecified atom stereocenters. The number of thioether (sulfide) groups is 1. The minimum Gasteiger partial charge on any atom is -0.375 e. The Bertz CT molecular complexity index is 910. The Morgan fingerprint density at radius 3 is 2.61 bits per heavy atom. The summed E-state index contributed by atoms with van der Waals surface area (Å²) in [5.74, 6) is 0.676. The zero-order valence-electron chi connectivity index (χ0n) is 15.3. The average molecular weight is 411 g/mol. The second-order valence-electron chi connectivity index (χ2n) is 7.21. The van der Waals surface area contributed by atoms with Gasteiger partial charge in [0.1, 0.15) is 5.82 Å². The number of nitrogens with one attached hydrogen (secondary N) is 1. The van der Waals surface area contributed by atoms with Gasteiger partial charge in [-0.05, 0) is 43.7 Å². The molecule has 2 aliphatic heterocycles. The number of aryl methyl sites for hydroxylation is 1. The van der Waals surface area contributed by atoms with Crippen molar-refractivity contribution in [2.75, 3.05) is 31.6 Å². The Labute approximate surface area is 164 Å². The summed E-state index contributed by atoms with van der Waals surface area (Å²) in [6.45, 7) is 4.04. The third-order valence-corrected chi connectivity index (χ3v) is 6.28. The summed E-state index contributed by atoms with van der Waals surface area (Å²) in [6, 6.07) is 7.75. The smallest absolute Gasteiger partial charge is 0.375 e. The first-order valence-electron chi connectivity index (χ1n) is 9.06. The van der Waals surface area contributed by atoms with E-state index in [0.717, 1.165) is 25.9 Å². The van der Waals surface area contributed by atoms with Crippen molar-refractivity contribution in [2.24, 2.45) is 0 Å². The summed E-state index contributed by atoms with van der Waals surface area (Å²) < 4.78 is 45.4. The van der Waals surface area contributed by atoms with Crippen molar-refractivity contribution in [3.05, 3.63) is 23.9 Å². The van der Waals surface area contributed by atoms with E-state index in [1.54, 1.807) is 23.6 Å². The number of anilines is 1. The van der Waals surface area contributed by atoms with E-state index in [-0.39, 0.29) is 22.7 Å². The van der Waals surface area contributed by atoms with Crippen LogP contribution in [0.5, 0.6) is 0 Å². The Kier molecular flexibility index (Phi) is 4.93. The molecule has 2 aromatic heterocycles. The van der Waals surface area contributed by atoms with Crippen molar-refractivity contribution < 1.29 is 17.9 Å². The maximum absolute atomic E-state index is 12.9. The number of nitrogens with zero attached hydrogens (tertiary/aromatic N) is 4. The van der Waals surface area contributed by atoms with Gasteiger partial charge in [0.2, 0.25) is 0 Å². The van der Waals surface area contributed by atoms with Crippen LogP contribution < -0.4 is 5.32 Å². The molecule has 0 aromatic carbocycles. The molecule has 1 N–H and O–H groups in total. The predicted molar refractivity (Wildman–Crippen MR) is 99.2 cm³/mol. The Hall–Kier alpha value is -1.96. The second-order valence-corrected chi connectivity index (χ2v) is 8.29. The van der Waals surface area contributed by atoms with Gasteiger partial charge in [-0.3, -0.25) is 4.90 Å². The van der Waals surface area contributed by atoms with Gasteiger partial charge >= 0.3 is 5.51 Å². The van der Waals surface area contributed by atoms with Crippen molar-refractivity contribution in [3.63, 3.8) is 0 Å². The summed E-state index contributed by atoms with van der Waals surface area (Å²) in [4.78, 5) is 2.30. The van der Waals surface area contributed by atoms with E-state index in [0.29, 0.717) is 30.2 Å². The summed E-state index contributed by atoms with van der Waals surface area (Å²) in [5, 5.41) is 17.2. The van der Waals surface area contributed by atoms with Crippen LogP contribution >= 0.6 is 11.8 Å². The van der Waals surface area contributed by atoms with Crippen LogP contribution in [0.25, 0.3) is 5.52 Å². The van der Waals surface area contributed by atoms with Gasteiger partial charge in [0.05, 0.1) is 35.4 Å². The Morgan fingerprint density at radius 2 is 2.04 bits per heavy atom. The molecule has 4 heterocycles. The van der Waals surface area contributed by atoms with Crippen molar-refractivity contribution >= 4 is 23.1 Å². The lowest BCUT2D eigenvalue weighted by atomic mass is 9.92. The number of pyridine rings is 1. The van der Waals surface area contributed by atoms with Crippen LogP contribution in [-0.2, 0) is 4.74 Å². The van der Waals surface area contributed by atoms with Crippen LogP contribution in [0.4, 0.5) is 19.0 Å². The van der Waals surface area contributed by atoms with Crippen LogP contribution in [0, 0.1) is 18.3 Å². The highest BCUT2D eigenvalue weighted by atomic mass is 32.2. The maximum Gasteiger partial charge on any atom is 0.446 e. The highest BCUT2D eigenvalue weighted by molar-refractivity contribution is 8.00. The molecule has 0 radical (unpaired) electrons. The number of fused-ring (bicyclic) bond motifs is 1. The molecule has 0 saturated carbocycles. The zero-order valence-corrected chi connectivity index (χ0v) is 16.1. The number of alkyl halides is 3. The standard InChI is InChI=1S/C18H20F3N5OS/c1-12-16(28-18(19,20)21)14-3-2-4-15(26(14)24-12)23-13-5-7-25(8-6-13)17(9-22)10-27-11-17/h2-4,13,23H,5-8,10-11H2,1H3. The van der Waals surface area contributed by atoms with Gasteiger partial charge in [-0.15, -0.1) is 0 Å². The van der Waals surface area contributed by atoms with Gasteiger partial charge in [-0.25, -0.2) is 4.52 Å². The van der Waals surface area contributed by atoms with Crippen LogP contribution in [0.2, 0.25) is 0 Å². The van der Waals surface area contributed by atoms with E-state index in [2.05, 4.69) is 21.4 Å². The lowest BCUT2D eigenvalue weighted by Crippen LogP contribution is -2.63. The molecule has 2 saturated heterocycles. The molecule has 2 fully saturated rings. The van der Waals surface area contributed by atoms with Gasteiger partial charge in [-0.1, -0.05) is 6.07 Å². The molecule has 4 rings (SSSR count). The van der Waals surface area contributed by atoms with E-state index in [4.69, 9.17) is 4.74 Å². The molecule has 10 heteroatoms.